The van der Waals surface area contributed by atoms with E-state index < -0.39 is 0 Å². The monoisotopic (exact) mass is 301 g/mol. The zero-order chi connectivity index (χ0) is 15.7. The average molecular weight is 301 g/mol. The molecule has 0 radical (unpaired) electrons. The molecule has 1 atom stereocenters. The van der Waals surface area contributed by atoms with Gasteiger partial charge in [0.1, 0.15) is 0 Å². The van der Waals surface area contributed by atoms with Gasteiger partial charge in [-0.3, -0.25) is 9.48 Å². The summed E-state index contributed by atoms with van der Waals surface area (Å²) in [4.78, 5) is 12.2. The van der Waals surface area contributed by atoms with Crippen molar-refractivity contribution in [2.75, 3.05) is 13.3 Å². The molecule has 1 aliphatic heterocycles. The van der Waals surface area contributed by atoms with Crippen molar-refractivity contribution in [3.05, 3.63) is 41.2 Å². The highest BCUT2D eigenvalue weighted by molar-refractivity contribution is 5.94. The zero-order valence-corrected chi connectivity index (χ0v) is 12.9. The standard InChI is InChI=1S/C16H19N3O3/c1-10-6-11(2)19(18-10)12(3)8-17-16(20)13-4-5-14-15(7-13)22-9-21-14/h4-7,12H,8-9H2,1-3H3,(H,17,20)/t12-/m1/s1. The van der Waals surface area contributed by atoms with Gasteiger partial charge < -0.3 is 14.8 Å². The van der Waals surface area contributed by atoms with Gasteiger partial charge in [0.05, 0.1) is 11.7 Å². The lowest BCUT2D eigenvalue weighted by molar-refractivity contribution is 0.0947. The highest BCUT2D eigenvalue weighted by Gasteiger charge is 2.17. The predicted molar refractivity (Wildman–Crippen MR) is 81.3 cm³/mol. The molecule has 0 unspecified atom stereocenters. The molecule has 6 nitrogen and oxygen atoms in total. The Balaban J connectivity index is 1.63. The molecule has 1 aliphatic rings. The molecule has 0 saturated heterocycles. The van der Waals surface area contributed by atoms with Crippen LogP contribution >= 0.6 is 0 Å². The van der Waals surface area contributed by atoms with Crippen LogP contribution in [0, 0.1) is 13.8 Å². The number of nitrogens with one attached hydrogen (secondary N) is 1. The van der Waals surface area contributed by atoms with E-state index in [9.17, 15) is 4.79 Å². The maximum Gasteiger partial charge on any atom is 0.251 e. The van der Waals surface area contributed by atoms with Crippen molar-refractivity contribution >= 4 is 5.91 Å². The number of nitrogens with zero attached hydrogens (tertiary/aromatic N) is 2. The molecule has 1 aromatic carbocycles. The van der Waals surface area contributed by atoms with Crippen LogP contribution < -0.4 is 14.8 Å². The van der Waals surface area contributed by atoms with Crippen molar-refractivity contribution in [2.24, 2.45) is 0 Å². The van der Waals surface area contributed by atoms with Crippen molar-refractivity contribution in [1.82, 2.24) is 15.1 Å². The van der Waals surface area contributed by atoms with Gasteiger partial charge in [-0.2, -0.15) is 5.10 Å². The van der Waals surface area contributed by atoms with E-state index in [1.54, 1.807) is 18.2 Å². The molecule has 3 rings (SSSR count). The molecule has 0 aliphatic carbocycles. The first kappa shape index (κ1) is 14.4. The first-order valence-corrected chi connectivity index (χ1v) is 7.25. The number of carbonyl (C=O) groups is 1. The summed E-state index contributed by atoms with van der Waals surface area (Å²) in [6, 6.07) is 7.30. The summed E-state index contributed by atoms with van der Waals surface area (Å²) >= 11 is 0. The molecule has 1 aromatic heterocycles. The summed E-state index contributed by atoms with van der Waals surface area (Å²) in [7, 11) is 0. The third-order valence-electron chi connectivity index (χ3n) is 3.65. The van der Waals surface area contributed by atoms with Gasteiger partial charge in [0, 0.05) is 17.8 Å². The number of rotatable bonds is 4. The van der Waals surface area contributed by atoms with Gasteiger partial charge in [0.25, 0.3) is 5.91 Å². The van der Waals surface area contributed by atoms with Gasteiger partial charge in [0.2, 0.25) is 6.79 Å². The van der Waals surface area contributed by atoms with Crippen LogP contribution in [0.5, 0.6) is 11.5 Å². The third kappa shape index (κ3) is 2.77. The Morgan fingerprint density at radius 3 is 2.82 bits per heavy atom. The highest BCUT2D eigenvalue weighted by Crippen LogP contribution is 2.32. The van der Waals surface area contributed by atoms with Gasteiger partial charge in [-0.25, -0.2) is 0 Å². The van der Waals surface area contributed by atoms with E-state index in [4.69, 9.17) is 9.47 Å². The Labute approximate surface area is 129 Å². The van der Waals surface area contributed by atoms with E-state index in [0.717, 1.165) is 11.4 Å². The van der Waals surface area contributed by atoms with E-state index in [2.05, 4.69) is 10.4 Å². The molecule has 0 saturated carbocycles. The topological polar surface area (TPSA) is 65.4 Å². The first-order chi connectivity index (χ1) is 10.5. The van der Waals surface area contributed by atoms with Crippen LogP contribution in [0.3, 0.4) is 0 Å². The largest absolute Gasteiger partial charge is 0.454 e. The van der Waals surface area contributed by atoms with Crippen LogP contribution in [-0.2, 0) is 0 Å². The molecule has 6 heteroatoms. The minimum atomic E-state index is -0.133. The predicted octanol–water partition coefficient (Wildman–Crippen LogP) is 2.22. The smallest absolute Gasteiger partial charge is 0.251 e. The first-order valence-electron chi connectivity index (χ1n) is 7.25. The van der Waals surface area contributed by atoms with E-state index >= 15 is 0 Å². The fraction of sp³-hybridized carbons (Fsp3) is 0.375. The van der Waals surface area contributed by atoms with Crippen LogP contribution in [0.1, 0.15) is 34.7 Å². The van der Waals surface area contributed by atoms with Gasteiger partial charge in [-0.1, -0.05) is 0 Å². The maximum absolute atomic E-state index is 12.2. The Hall–Kier alpha value is -2.50. The van der Waals surface area contributed by atoms with Crippen LogP contribution in [-0.4, -0.2) is 29.0 Å². The minimum Gasteiger partial charge on any atom is -0.454 e. The van der Waals surface area contributed by atoms with Crippen molar-refractivity contribution in [3.63, 3.8) is 0 Å². The van der Waals surface area contributed by atoms with Crippen molar-refractivity contribution < 1.29 is 14.3 Å². The molecule has 0 spiro atoms. The molecule has 2 aromatic rings. The summed E-state index contributed by atoms with van der Waals surface area (Å²) in [6.07, 6.45) is 0. The highest BCUT2D eigenvalue weighted by atomic mass is 16.7. The maximum atomic E-state index is 12.2. The lowest BCUT2D eigenvalue weighted by Gasteiger charge is -2.15. The van der Waals surface area contributed by atoms with Crippen LogP contribution in [0.25, 0.3) is 0 Å². The fourth-order valence-corrected chi connectivity index (χ4v) is 2.56. The summed E-state index contributed by atoms with van der Waals surface area (Å²) in [5.74, 6) is 1.15. The lowest BCUT2D eigenvalue weighted by Crippen LogP contribution is -2.30. The summed E-state index contributed by atoms with van der Waals surface area (Å²) in [5.41, 5.74) is 2.62. The Kier molecular flexibility index (Phi) is 3.75. The van der Waals surface area contributed by atoms with Crippen LogP contribution in [0.4, 0.5) is 0 Å². The van der Waals surface area contributed by atoms with E-state index in [-0.39, 0.29) is 18.7 Å². The van der Waals surface area contributed by atoms with Crippen LogP contribution in [0.15, 0.2) is 24.3 Å². The summed E-state index contributed by atoms with van der Waals surface area (Å²) in [5, 5.41) is 7.37. The third-order valence-corrected chi connectivity index (χ3v) is 3.65. The molecule has 1 N–H and O–H groups in total. The molecule has 2 heterocycles. The second-order valence-electron chi connectivity index (χ2n) is 5.50. The Morgan fingerprint density at radius 2 is 2.09 bits per heavy atom. The van der Waals surface area contributed by atoms with Gasteiger partial charge in [-0.05, 0) is 45.0 Å². The molecule has 0 fully saturated rings. The van der Waals surface area contributed by atoms with Crippen molar-refractivity contribution in [2.45, 2.75) is 26.8 Å². The normalized spacial score (nSPS) is 14.0. The minimum absolute atomic E-state index is 0.0895. The number of hydrogen-bond acceptors (Lipinski definition) is 4. The van der Waals surface area contributed by atoms with Gasteiger partial charge in [-0.15, -0.1) is 0 Å². The second-order valence-corrected chi connectivity index (χ2v) is 5.50. The number of benzene rings is 1. The molecule has 22 heavy (non-hydrogen) atoms. The number of carbonyl (C=O) groups excluding carboxylic acids is 1. The summed E-state index contributed by atoms with van der Waals surface area (Å²) in [6.45, 7) is 6.71. The number of ether oxygens (including phenoxy) is 2. The number of fused-ring (bicyclic) bond motifs is 1. The second kappa shape index (κ2) is 5.71. The average Bonchev–Trinajstić information content (AvgIpc) is 3.09. The number of aromatic nitrogens is 2. The van der Waals surface area contributed by atoms with Crippen molar-refractivity contribution in [3.8, 4) is 11.5 Å². The van der Waals surface area contributed by atoms with Crippen LogP contribution in [0.2, 0.25) is 0 Å². The molecular weight excluding hydrogens is 282 g/mol. The van der Waals surface area contributed by atoms with Gasteiger partial charge >= 0.3 is 0 Å². The van der Waals surface area contributed by atoms with Crippen molar-refractivity contribution in [1.29, 1.82) is 0 Å². The SMILES string of the molecule is Cc1cc(C)n([C@H](C)CNC(=O)c2ccc3c(c2)OCO3)n1. The van der Waals surface area contributed by atoms with Gasteiger partial charge in [0.15, 0.2) is 11.5 Å². The summed E-state index contributed by atoms with van der Waals surface area (Å²) < 4.78 is 12.5. The quantitative estimate of drug-likeness (QED) is 0.940. The lowest BCUT2D eigenvalue weighted by atomic mass is 10.2. The number of amides is 1. The number of aryl methyl sites for hydroxylation is 2. The molecule has 1 amide bonds. The zero-order valence-electron chi connectivity index (χ0n) is 12.9. The molecular formula is C16H19N3O3. The van der Waals surface area contributed by atoms with E-state index in [1.807, 2.05) is 31.5 Å². The fourth-order valence-electron chi connectivity index (χ4n) is 2.56. The Bertz CT molecular complexity index is 709. The molecule has 116 valence electrons. The number of hydrogen-bond donors (Lipinski definition) is 1. The van der Waals surface area contributed by atoms with E-state index in [0.29, 0.717) is 23.6 Å². The van der Waals surface area contributed by atoms with E-state index in [1.165, 1.54) is 0 Å². The molecule has 0 bridgehead atoms. The Morgan fingerprint density at radius 1 is 1.32 bits per heavy atom.